The van der Waals surface area contributed by atoms with Gasteiger partial charge in [-0.3, -0.25) is 9.88 Å². The average Bonchev–Trinajstić information content (AvgIpc) is 2.66. The minimum atomic E-state index is -0.267. The zero-order valence-electron chi connectivity index (χ0n) is 15.2. The van der Waals surface area contributed by atoms with Crippen LogP contribution in [0.2, 0.25) is 0 Å². The molecule has 0 unspecified atom stereocenters. The van der Waals surface area contributed by atoms with Crippen LogP contribution in [0.25, 0.3) is 11.0 Å². The van der Waals surface area contributed by atoms with Crippen LogP contribution in [-0.4, -0.2) is 36.1 Å². The van der Waals surface area contributed by atoms with Crippen LogP contribution in [0.4, 0.5) is 5.69 Å². The summed E-state index contributed by atoms with van der Waals surface area (Å²) in [6.45, 7) is 8.71. The number of aromatic nitrogens is 1. The quantitative estimate of drug-likeness (QED) is 0.680. The average molecular weight is 349 g/mol. The molecule has 1 aliphatic rings. The predicted molar refractivity (Wildman–Crippen MR) is 104 cm³/mol. The number of aryl methyl sites for hydroxylation is 2. The number of fused-ring (bicyclic) bond motifs is 1. The third-order valence-electron chi connectivity index (χ3n) is 5.31. The van der Waals surface area contributed by atoms with Crippen LogP contribution in [-0.2, 0) is 6.54 Å². The molecular formula is C21H23N3O2. The Labute approximate surface area is 152 Å². The molecule has 0 atom stereocenters. The van der Waals surface area contributed by atoms with Gasteiger partial charge in [-0.15, -0.1) is 0 Å². The van der Waals surface area contributed by atoms with E-state index in [9.17, 15) is 4.79 Å². The van der Waals surface area contributed by atoms with Gasteiger partial charge in [0.25, 0.3) is 0 Å². The number of anilines is 1. The standard InChI is InChI=1S/C21H23N3O2/c1-15-3-4-19-17(13-20(25)26-21(19)16(15)2)14-23-9-11-24(12-10-23)18-5-7-22-8-6-18/h3-8,13H,9-12,14H2,1-2H3. The van der Waals surface area contributed by atoms with E-state index in [4.69, 9.17) is 4.42 Å². The van der Waals surface area contributed by atoms with Gasteiger partial charge in [-0.25, -0.2) is 4.79 Å². The number of benzene rings is 1. The monoisotopic (exact) mass is 349 g/mol. The summed E-state index contributed by atoms with van der Waals surface area (Å²) in [5.41, 5.74) is 4.92. The molecule has 26 heavy (non-hydrogen) atoms. The van der Waals surface area contributed by atoms with E-state index in [0.29, 0.717) is 0 Å². The molecule has 0 N–H and O–H groups in total. The molecule has 0 radical (unpaired) electrons. The molecule has 134 valence electrons. The summed E-state index contributed by atoms with van der Waals surface area (Å²) in [5.74, 6) is 0. The van der Waals surface area contributed by atoms with Gasteiger partial charge in [-0.05, 0) is 42.7 Å². The van der Waals surface area contributed by atoms with Crippen molar-refractivity contribution in [2.24, 2.45) is 0 Å². The van der Waals surface area contributed by atoms with Gasteiger partial charge in [-0.1, -0.05) is 12.1 Å². The van der Waals surface area contributed by atoms with Gasteiger partial charge in [0.2, 0.25) is 0 Å². The predicted octanol–water partition coefficient (Wildman–Crippen LogP) is 3.13. The van der Waals surface area contributed by atoms with Crippen molar-refractivity contribution in [1.82, 2.24) is 9.88 Å². The first-order valence-corrected chi connectivity index (χ1v) is 9.02. The van der Waals surface area contributed by atoms with Gasteiger partial charge < -0.3 is 9.32 Å². The lowest BCUT2D eigenvalue weighted by Crippen LogP contribution is -2.46. The lowest BCUT2D eigenvalue weighted by atomic mass is 10.0. The number of pyridine rings is 1. The van der Waals surface area contributed by atoms with Crippen LogP contribution < -0.4 is 10.5 Å². The van der Waals surface area contributed by atoms with Crippen molar-refractivity contribution in [3.8, 4) is 0 Å². The Bertz CT molecular complexity index is 974. The van der Waals surface area contributed by atoms with E-state index < -0.39 is 0 Å². The van der Waals surface area contributed by atoms with E-state index in [1.165, 1.54) is 5.69 Å². The Hall–Kier alpha value is -2.66. The van der Waals surface area contributed by atoms with Crippen molar-refractivity contribution in [1.29, 1.82) is 0 Å². The van der Waals surface area contributed by atoms with Crippen molar-refractivity contribution in [2.45, 2.75) is 20.4 Å². The van der Waals surface area contributed by atoms with Crippen LogP contribution >= 0.6 is 0 Å². The van der Waals surface area contributed by atoms with Crippen molar-refractivity contribution in [3.63, 3.8) is 0 Å². The molecule has 4 rings (SSSR count). The first kappa shape index (κ1) is 16.8. The van der Waals surface area contributed by atoms with E-state index in [1.807, 2.05) is 26.2 Å². The molecule has 0 saturated carbocycles. The van der Waals surface area contributed by atoms with Crippen molar-refractivity contribution in [3.05, 3.63) is 69.8 Å². The van der Waals surface area contributed by atoms with E-state index in [1.54, 1.807) is 6.07 Å². The van der Waals surface area contributed by atoms with Crippen molar-refractivity contribution < 1.29 is 4.42 Å². The summed E-state index contributed by atoms with van der Waals surface area (Å²) in [5, 5.41) is 1.05. The highest BCUT2D eigenvalue weighted by Gasteiger charge is 2.19. The topological polar surface area (TPSA) is 49.6 Å². The minimum Gasteiger partial charge on any atom is -0.422 e. The zero-order chi connectivity index (χ0) is 18.1. The summed E-state index contributed by atoms with van der Waals surface area (Å²) in [4.78, 5) is 20.9. The molecule has 3 heterocycles. The second kappa shape index (κ2) is 6.92. The molecule has 2 aromatic heterocycles. The Balaban J connectivity index is 1.54. The van der Waals surface area contributed by atoms with Crippen LogP contribution in [0.5, 0.6) is 0 Å². The Morgan fingerprint density at radius 3 is 2.50 bits per heavy atom. The Kier molecular flexibility index (Phi) is 4.47. The van der Waals surface area contributed by atoms with Gasteiger partial charge in [0.05, 0.1) is 0 Å². The van der Waals surface area contributed by atoms with Gasteiger partial charge in [0, 0.05) is 62.3 Å². The maximum atomic E-state index is 12.0. The summed E-state index contributed by atoms with van der Waals surface area (Å²) >= 11 is 0. The first-order valence-electron chi connectivity index (χ1n) is 9.02. The fraction of sp³-hybridized carbons (Fsp3) is 0.333. The lowest BCUT2D eigenvalue weighted by molar-refractivity contribution is 0.250. The summed E-state index contributed by atoms with van der Waals surface area (Å²) in [6, 6.07) is 9.92. The first-order chi connectivity index (χ1) is 12.6. The smallest absolute Gasteiger partial charge is 0.336 e. The lowest BCUT2D eigenvalue weighted by Gasteiger charge is -2.36. The highest BCUT2D eigenvalue weighted by atomic mass is 16.4. The highest BCUT2D eigenvalue weighted by molar-refractivity contribution is 5.83. The third-order valence-corrected chi connectivity index (χ3v) is 5.31. The summed E-state index contributed by atoms with van der Waals surface area (Å²) in [6.07, 6.45) is 3.67. The molecule has 1 aromatic carbocycles. The van der Waals surface area contributed by atoms with E-state index in [2.05, 4.69) is 39.0 Å². The van der Waals surface area contributed by atoms with E-state index >= 15 is 0 Å². The van der Waals surface area contributed by atoms with Crippen molar-refractivity contribution in [2.75, 3.05) is 31.1 Å². The number of piperazine rings is 1. The number of hydrogen-bond donors (Lipinski definition) is 0. The molecule has 0 bridgehead atoms. The molecule has 5 nitrogen and oxygen atoms in total. The SMILES string of the molecule is Cc1ccc2c(CN3CCN(c4ccncc4)CC3)cc(=O)oc2c1C. The number of rotatable bonds is 3. The van der Waals surface area contributed by atoms with Crippen LogP contribution in [0.1, 0.15) is 16.7 Å². The molecule has 1 saturated heterocycles. The van der Waals surface area contributed by atoms with Gasteiger partial charge in [-0.2, -0.15) is 0 Å². The van der Waals surface area contributed by atoms with Gasteiger partial charge in [0.1, 0.15) is 5.58 Å². The number of hydrogen-bond acceptors (Lipinski definition) is 5. The van der Waals surface area contributed by atoms with Crippen LogP contribution in [0.15, 0.2) is 51.9 Å². The molecule has 0 aliphatic carbocycles. The second-order valence-corrected chi connectivity index (χ2v) is 6.94. The fourth-order valence-corrected chi connectivity index (χ4v) is 3.62. The second-order valence-electron chi connectivity index (χ2n) is 6.94. The highest BCUT2D eigenvalue weighted by Crippen LogP contribution is 2.24. The number of nitrogens with zero attached hydrogens (tertiary/aromatic N) is 3. The van der Waals surface area contributed by atoms with Crippen LogP contribution in [0.3, 0.4) is 0 Å². The largest absolute Gasteiger partial charge is 0.422 e. The molecule has 0 spiro atoms. The normalized spacial score (nSPS) is 15.5. The van der Waals surface area contributed by atoms with Crippen LogP contribution in [0, 0.1) is 13.8 Å². The summed E-state index contributed by atoms with van der Waals surface area (Å²) < 4.78 is 5.49. The third kappa shape index (κ3) is 3.22. The minimum absolute atomic E-state index is 0.267. The molecular weight excluding hydrogens is 326 g/mol. The molecule has 1 aliphatic heterocycles. The zero-order valence-corrected chi connectivity index (χ0v) is 15.2. The molecule has 1 fully saturated rings. The van der Waals surface area contributed by atoms with Crippen molar-refractivity contribution >= 4 is 16.7 Å². The summed E-state index contributed by atoms with van der Waals surface area (Å²) in [7, 11) is 0. The fourth-order valence-electron chi connectivity index (χ4n) is 3.62. The Morgan fingerprint density at radius 2 is 1.77 bits per heavy atom. The molecule has 5 heteroatoms. The molecule has 3 aromatic rings. The Morgan fingerprint density at radius 1 is 1.04 bits per heavy atom. The van der Waals surface area contributed by atoms with Gasteiger partial charge >= 0.3 is 5.63 Å². The molecule has 0 amide bonds. The van der Waals surface area contributed by atoms with E-state index in [-0.39, 0.29) is 5.63 Å². The maximum absolute atomic E-state index is 12.0. The van der Waals surface area contributed by atoms with E-state index in [0.717, 1.165) is 60.4 Å². The van der Waals surface area contributed by atoms with Gasteiger partial charge in [0.15, 0.2) is 0 Å². The maximum Gasteiger partial charge on any atom is 0.336 e.